The highest BCUT2D eigenvalue weighted by atomic mass is 127. The van der Waals surface area contributed by atoms with Crippen LogP contribution < -0.4 is 15.4 Å². The Kier molecular flexibility index (Phi) is 9.18. The summed E-state index contributed by atoms with van der Waals surface area (Å²) in [5.74, 6) is 2.71. The number of aliphatic imine (C=N–C) groups is 1. The van der Waals surface area contributed by atoms with E-state index in [-0.39, 0.29) is 29.7 Å². The average Bonchev–Trinajstić information content (AvgIpc) is 2.93. The van der Waals surface area contributed by atoms with Crippen LogP contribution in [0, 0.1) is 0 Å². The van der Waals surface area contributed by atoms with Crippen molar-refractivity contribution in [3.8, 4) is 5.75 Å². The number of hydrogen-bond acceptors (Lipinski definition) is 4. The van der Waals surface area contributed by atoms with Gasteiger partial charge in [-0.2, -0.15) is 13.2 Å². The number of benzene rings is 1. The molecule has 11 heteroatoms. The fourth-order valence-electron chi connectivity index (χ4n) is 3.11. The second-order valence-corrected chi connectivity index (χ2v) is 6.82. The molecule has 0 bridgehead atoms. The zero-order chi connectivity index (χ0) is 20.7. The van der Waals surface area contributed by atoms with Gasteiger partial charge in [-0.05, 0) is 30.5 Å². The minimum atomic E-state index is -4.35. The minimum absolute atomic E-state index is 0. The molecule has 2 heterocycles. The van der Waals surface area contributed by atoms with Gasteiger partial charge in [-0.25, -0.2) is 0 Å². The summed E-state index contributed by atoms with van der Waals surface area (Å²) in [6, 6.07) is 6.46. The van der Waals surface area contributed by atoms with Gasteiger partial charge in [-0.1, -0.05) is 18.6 Å². The lowest BCUT2D eigenvalue weighted by molar-refractivity contribution is -0.153. The van der Waals surface area contributed by atoms with Gasteiger partial charge in [-0.3, -0.25) is 4.99 Å². The number of hydrogen-bond donors (Lipinski definition) is 2. The van der Waals surface area contributed by atoms with Gasteiger partial charge in [0, 0.05) is 26.6 Å². The molecular formula is C19H26F3IN6O. The topological polar surface area (TPSA) is 76.4 Å². The monoisotopic (exact) mass is 538 g/mol. The first kappa shape index (κ1) is 24.2. The van der Waals surface area contributed by atoms with Crippen LogP contribution in [-0.4, -0.2) is 40.6 Å². The number of aryl methyl sites for hydroxylation is 1. The third-order valence-corrected chi connectivity index (χ3v) is 4.61. The van der Waals surface area contributed by atoms with Crippen LogP contribution in [0.5, 0.6) is 5.75 Å². The second kappa shape index (κ2) is 11.4. The molecule has 0 amide bonds. The Morgan fingerprint density at radius 3 is 2.53 bits per heavy atom. The highest BCUT2D eigenvalue weighted by Gasteiger charge is 2.28. The molecule has 1 aliphatic rings. The normalized spacial score (nSPS) is 14.3. The van der Waals surface area contributed by atoms with Crippen molar-refractivity contribution in [3.05, 3.63) is 41.5 Å². The smallest absolute Gasteiger partial charge is 0.422 e. The van der Waals surface area contributed by atoms with Crippen molar-refractivity contribution in [1.29, 1.82) is 0 Å². The molecule has 1 aliphatic heterocycles. The SMILES string of the molecule is CN=C(NCc1ccc(OCC(F)(F)F)cc1)NCc1nnc2n1CCCCC2.I. The largest absolute Gasteiger partial charge is 0.484 e. The zero-order valence-corrected chi connectivity index (χ0v) is 19.0. The predicted molar refractivity (Wildman–Crippen MR) is 118 cm³/mol. The van der Waals surface area contributed by atoms with Crippen LogP contribution in [0.3, 0.4) is 0 Å². The fourth-order valence-corrected chi connectivity index (χ4v) is 3.11. The molecule has 0 atom stereocenters. The van der Waals surface area contributed by atoms with Gasteiger partial charge < -0.3 is 19.9 Å². The third-order valence-electron chi connectivity index (χ3n) is 4.61. The molecule has 30 heavy (non-hydrogen) atoms. The van der Waals surface area contributed by atoms with Gasteiger partial charge >= 0.3 is 6.18 Å². The van der Waals surface area contributed by atoms with E-state index in [9.17, 15) is 13.2 Å². The summed E-state index contributed by atoms with van der Waals surface area (Å²) in [6.45, 7) is 0.621. The van der Waals surface area contributed by atoms with E-state index >= 15 is 0 Å². The van der Waals surface area contributed by atoms with E-state index < -0.39 is 12.8 Å². The molecule has 2 aromatic rings. The first-order chi connectivity index (χ1) is 13.9. The molecule has 0 fully saturated rings. The average molecular weight is 538 g/mol. The molecule has 7 nitrogen and oxygen atoms in total. The van der Waals surface area contributed by atoms with E-state index in [1.807, 2.05) is 0 Å². The molecule has 0 unspecified atom stereocenters. The number of rotatable bonds is 6. The highest BCUT2D eigenvalue weighted by molar-refractivity contribution is 14.0. The summed E-state index contributed by atoms with van der Waals surface area (Å²) in [7, 11) is 1.67. The Bertz CT molecular complexity index is 823. The van der Waals surface area contributed by atoms with Crippen LogP contribution >= 0.6 is 24.0 Å². The summed E-state index contributed by atoms with van der Waals surface area (Å²) < 4.78 is 43.5. The minimum Gasteiger partial charge on any atom is -0.484 e. The van der Waals surface area contributed by atoms with Crippen LogP contribution in [0.25, 0.3) is 0 Å². The van der Waals surface area contributed by atoms with Crippen molar-refractivity contribution in [3.63, 3.8) is 0 Å². The number of aromatic nitrogens is 3. The fraction of sp³-hybridized carbons (Fsp3) is 0.526. The van der Waals surface area contributed by atoms with Crippen LogP contribution in [-0.2, 0) is 26.1 Å². The van der Waals surface area contributed by atoms with Gasteiger partial charge in [0.2, 0.25) is 0 Å². The van der Waals surface area contributed by atoms with Crippen molar-refractivity contribution >= 4 is 29.9 Å². The standard InChI is InChI=1S/C19H25F3N6O.HI/c1-23-18(25-12-17-27-26-16-5-3-2-4-10-28(16)17)24-11-14-6-8-15(9-7-14)29-13-19(20,21)22;/h6-9H,2-5,10-13H2,1H3,(H2,23,24,25);1H. The van der Waals surface area contributed by atoms with Crippen LogP contribution in [0.1, 0.15) is 36.5 Å². The summed E-state index contributed by atoms with van der Waals surface area (Å²) in [4.78, 5) is 4.19. The van der Waals surface area contributed by atoms with E-state index in [0.717, 1.165) is 43.0 Å². The number of halogens is 4. The first-order valence-electron chi connectivity index (χ1n) is 9.58. The van der Waals surface area contributed by atoms with Gasteiger partial charge in [0.1, 0.15) is 11.6 Å². The van der Waals surface area contributed by atoms with Gasteiger partial charge in [-0.15, -0.1) is 34.2 Å². The zero-order valence-electron chi connectivity index (χ0n) is 16.7. The van der Waals surface area contributed by atoms with Crippen LogP contribution in [0.15, 0.2) is 29.3 Å². The number of nitrogens with zero attached hydrogens (tertiary/aromatic N) is 4. The lowest BCUT2D eigenvalue weighted by Gasteiger charge is -2.13. The van der Waals surface area contributed by atoms with E-state index in [1.54, 1.807) is 19.2 Å². The summed E-state index contributed by atoms with van der Waals surface area (Å²) in [5, 5.41) is 15.0. The molecule has 1 aromatic heterocycles. The quantitative estimate of drug-likeness (QED) is 0.335. The maximum absolute atomic E-state index is 12.2. The molecule has 3 rings (SSSR count). The van der Waals surface area contributed by atoms with Crippen molar-refractivity contribution in [2.75, 3.05) is 13.7 Å². The van der Waals surface area contributed by atoms with E-state index in [0.29, 0.717) is 19.0 Å². The molecular weight excluding hydrogens is 512 g/mol. The van der Waals surface area contributed by atoms with Crippen molar-refractivity contribution < 1.29 is 17.9 Å². The Labute approximate surface area is 190 Å². The molecule has 0 saturated carbocycles. The van der Waals surface area contributed by atoms with Crippen molar-refractivity contribution in [2.45, 2.75) is 51.5 Å². The maximum Gasteiger partial charge on any atom is 0.422 e. The molecule has 0 spiro atoms. The lowest BCUT2D eigenvalue weighted by Crippen LogP contribution is -2.37. The predicted octanol–water partition coefficient (Wildman–Crippen LogP) is 3.43. The Balaban J connectivity index is 0.00000320. The highest BCUT2D eigenvalue weighted by Crippen LogP contribution is 2.19. The lowest BCUT2D eigenvalue weighted by atomic mass is 10.2. The molecule has 1 aromatic carbocycles. The van der Waals surface area contributed by atoms with Gasteiger partial charge in [0.25, 0.3) is 0 Å². The van der Waals surface area contributed by atoms with Crippen molar-refractivity contribution in [1.82, 2.24) is 25.4 Å². The first-order valence-corrected chi connectivity index (χ1v) is 9.58. The van der Waals surface area contributed by atoms with Crippen LogP contribution in [0.2, 0.25) is 0 Å². The molecule has 2 N–H and O–H groups in total. The maximum atomic E-state index is 12.2. The second-order valence-electron chi connectivity index (χ2n) is 6.82. The number of nitrogens with one attached hydrogen (secondary N) is 2. The van der Waals surface area contributed by atoms with Crippen molar-refractivity contribution in [2.24, 2.45) is 4.99 Å². The summed E-state index contributed by atoms with van der Waals surface area (Å²) in [5.41, 5.74) is 0.892. The summed E-state index contributed by atoms with van der Waals surface area (Å²) in [6.07, 6.45) is 0.103. The number of ether oxygens (including phenoxy) is 1. The van der Waals surface area contributed by atoms with Gasteiger partial charge in [0.05, 0.1) is 6.54 Å². The Morgan fingerprint density at radius 2 is 1.83 bits per heavy atom. The Hall–Kier alpha value is -2.05. The molecule has 166 valence electrons. The van der Waals surface area contributed by atoms with E-state index in [2.05, 4.69) is 30.4 Å². The van der Waals surface area contributed by atoms with E-state index in [1.165, 1.54) is 18.6 Å². The van der Waals surface area contributed by atoms with Crippen LogP contribution in [0.4, 0.5) is 13.2 Å². The number of guanidine groups is 1. The number of fused-ring (bicyclic) bond motifs is 1. The van der Waals surface area contributed by atoms with Gasteiger partial charge in [0.15, 0.2) is 18.4 Å². The molecule has 0 aliphatic carbocycles. The molecule has 0 radical (unpaired) electrons. The van der Waals surface area contributed by atoms with E-state index in [4.69, 9.17) is 4.74 Å². The molecule has 0 saturated heterocycles. The number of alkyl halides is 3. The Morgan fingerprint density at radius 1 is 1.10 bits per heavy atom. The summed E-state index contributed by atoms with van der Waals surface area (Å²) >= 11 is 0. The third kappa shape index (κ3) is 7.33.